The first-order valence-corrected chi connectivity index (χ1v) is 14.3. The number of anilines is 1. The molecule has 0 spiro atoms. The number of carbonyl (C=O) groups excluding carboxylic acids is 1. The number of phenols is 1. The number of amides is 1. The fraction of sp³-hybridized carbons (Fsp3) is 0.516. The Hall–Kier alpha value is -3.27. The minimum atomic E-state index is -0.481. The van der Waals surface area contributed by atoms with E-state index in [-0.39, 0.29) is 5.75 Å². The van der Waals surface area contributed by atoms with Crippen molar-refractivity contribution >= 4 is 23.5 Å². The lowest BCUT2D eigenvalue weighted by Crippen LogP contribution is -2.40. The average molecular weight is 556 g/mol. The monoisotopic (exact) mass is 555 g/mol. The number of phenolic OH excluding ortho intramolecular Hbond substituents is 1. The van der Waals surface area contributed by atoms with Gasteiger partial charge in [0.1, 0.15) is 11.6 Å². The summed E-state index contributed by atoms with van der Waals surface area (Å²) in [7, 11) is 1.76. The van der Waals surface area contributed by atoms with Crippen LogP contribution in [0.2, 0.25) is 0 Å². The molecule has 1 saturated carbocycles. The number of benzene rings is 1. The quantitative estimate of drug-likeness (QED) is 0.284. The van der Waals surface area contributed by atoms with E-state index in [0.717, 1.165) is 57.4 Å². The molecule has 1 aliphatic carbocycles. The summed E-state index contributed by atoms with van der Waals surface area (Å²) in [4.78, 5) is 15.2. The highest BCUT2D eigenvalue weighted by molar-refractivity contribution is 5.86. The molecule has 1 aromatic carbocycles. The predicted octanol–water partition coefficient (Wildman–Crippen LogP) is 4.60. The van der Waals surface area contributed by atoms with Crippen LogP contribution < -0.4 is 17.2 Å². The fourth-order valence-electron chi connectivity index (χ4n) is 5.19. The molecule has 222 valence electrons. The zero-order valence-electron chi connectivity index (χ0n) is 24.2. The van der Waals surface area contributed by atoms with Gasteiger partial charge in [0.25, 0.3) is 0 Å². The molecule has 2 unspecified atom stereocenters. The van der Waals surface area contributed by atoms with Gasteiger partial charge in [0.05, 0.1) is 6.61 Å². The van der Waals surface area contributed by atoms with E-state index in [1.807, 2.05) is 24.4 Å². The lowest BCUT2D eigenvalue weighted by atomic mass is 9.80. The van der Waals surface area contributed by atoms with Crippen molar-refractivity contribution in [2.75, 3.05) is 45.8 Å². The maximum Gasteiger partial charge on any atom is 0.240 e. The molecule has 2 aromatic rings. The maximum atomic E-state index is 10.1. The first kappa shape index (κ1) is 32.9. The molecule has 1 aliphatic heterocycles. The standard InChI is InChI=1S/C23H34N4O2.C5H10O.C3H5NO/c1-3-27(11-12-29-2)17-8-6-7-16(13-17)20-15-26-23(25)19(20)14-21(24)18-9-4-5-10-22(18)28;1-2-4-6-5-3-1;1-2-3(4)5/h4-5,9-10,14-17,26,28H,3,6-8,11-13,24-25H2,1-2H3;1-5H2;2H,1H2,(H2,4,5)/b21-14-;;. The summed E-state index contributed by atoms with van der Waals surface area (Å²) < 4.78 is 10.4. The third-order valence-electron chi connectivity index (χ3n) is 7.37. The molecular weight excluding hydrogens is 506 g/mol. The number of aromatic nitrogens is 1. The van der Waals surface area contributed by atoms with Crippen molar-refractivity contribution in [3.8, 4) is 5.75 Å². The van der Waals surface area contributed by atoms with Crippen molar-refractivity contribution < 1.29 is 19.4 Å². The van der Waals surface area contributed by atoms with E-state index >= 15 is 0 Å². The largest absolute Gasteiger partial charge is 0.507 e. The van der Waals surface area contributed by atoms with Crippen molar-refractivity contribution in [1.82, 2.24) is 9.88 Å². The first-order chi connectivity index (χ1) is 19.3. The van der Waals surface area contributed by atoms with E-state index in [4.69, 9.17) is 20.9 Å². The van der Waals surface area contributed by atoms with Crippen molar-refractivity contribution in [2.45, 2.75) is 63.8 Å². The summed E-state index contributed by atoms with van der Waals surface area (Å²) >= 11 is 0. The van der Waals surface area contributed by atoms with Gasteiger partial charge < -0.3 is 36.8 Å². The minimum Gasteiger partial charge on any atom is -0.507 e. The molecule has 1 amide bonds. The van der Waals surface area contributed by atoms with Gasteiger partial charge in [-0.2, -0.15) is 0 Å². The van der Waals surface area contributed by atoms with E-state index in [0.29, 0.717) is 29.0 Å². The number of primary amides is 1. The van der Waals surface area contributed by atoms with Crippen LogP contribution >= 0.6 is 0 Å². The maximum absolute atomic E-state index is 10.1. The van der Waals surface area contributed by atoms with E-state index in [1.54, 1.807) is 19.2 Å². The molecule has 9 nitrogen and oxygen atoms in total. The number of nitrogens with one attached hydrogen (secondary N) is 1. The van der Waals surface area contributed by atoms with Crippen molar-refractivity contribution in [1.29, 1.82) is 0 Å². The molecule has 4 rings (SSSR count). The summed E-state index contributed by atoms with van der Waals surface area (Å²) in [5.41, 5.74) is 20.4. The van der Waals surface area contributed by atoms with Gasteiger partial charge in [-0.1, -0.05) is 32.1 Å². The van der Waals surface area contributed by atoms with Crippen LogP contribution in [0.5, 0.6) is 5.75 Å². The number of hydrogen-bond donors (Lipinski definition) is 5. The highest BCUT2D eigenvalue weighted by atomic mass is 16.5. The third-order valence-corrected chi connectivity index (χ3v) is 7.37. The van der Waals surface area contributed by atoms with Gasteiger partial charge >= 0.3 is 0 Å². The van der Waals surface area contributed by atoms with Crippen LogP contribution in [0, 0.1) is 0 Å². The van der Waals surface area contributed by atoms with Crippen molar-refractivity contribution in [3.63, 3.8) is 0 Å². The zero-order valence-corrected chi connectivity index (χ0v) is 24.2. The lowest BCUT2D eigenvalue weighted by molar-refractivity contribution is -0.113. The second-order valence-electron chi connectivity index (χ2n) is 10.1. The summed E-state index contributed by atoms with van der Waals surface area (Å²) in [6, 6.07) is 7.66. The number of H-pyrrole nitrogens is 1. The van der Waals surface area contributed by atoms with Gasteiger partial charge in [0, 0.05) is 55.9 Å². The summed E-state index contributed by atoms with van der Waals surface area (Å²) in [5.74, 6) is 0.742. The number of para-hydroxylation sites is 1. The third kappa shape index (κ3) is 10.7. The number of nitrogens with two attached hydrogens (primary N) is 3. The molecule has 1 saturated heterocycles. The van der Waals surface area contributed by atoms with Crippen LogP contribution in [0.25, 0.3) is 11.8 Å². The molecule has 2 fully saturated rings. The Balaban J connectivity index is 0.000000425. The molecule has 2 aliphatic rings. The zero-order chi connectivity index (χ0) is 29.3. The number of methoxy groups -OCH3 is 1. The van der Waals surface area contributed by atoms with Gasteiger partial charge in [0.2, 0.25) is 5.91 Å². The summed E-state index contributed by atoms with van der Waals surface area (Å²) in [6.45, 7) is 10.1. The van der Waals surface area contributed by atoms with Crippen LogP contribution in [-0.2, 0) is 14.3 Å². The van der Waals surface area contributed by atoms with Crippen molar-refractivity contribution in [2.24, 2.45) is 11.5 Å². The Morgan fingerprint density at radius 2 is 1.90 bits per heavy atom. The molecule has 1 aromatic heterocycles. The molecule has 0 radical (unpaired) electrons. The number of likely N-dealkylation sites (N-methyl/N-ethyl adjacent to an activating group) is 1. The van der Waals surface area contributed by atoms with Gasteiger partial charge in [-0.3, -0.25) is 9.69 Å². The number of nitrogen functional groups attached to an aromatic ring is 1. The number of rotatable bonds is 9. The Bertz CT molecular complexity index is 1050. The summed E-state index contributed by atoms with van der Waals surface area (Å²) in [6.07, 6.45) is 13.6. The Morgan fingerprint density at radius 3 is 2.45 bits per heavy atom. The number of nitrogens with zero attached hydrogens (tertiary/aromatic N) is 1. The van der Waals surface area contributed by atoms with E-state index in [2.05, 4.69) is 29.1 Å². The molecule has 2 atom stereocenters. The normalized spacial score (nSPS) is 19.1. The Kier molecular flexibility index (Phi) is 14.9. The molecule has 40 heavy (non-hydrogen) atoms. The van der Waals surface area contributed by atoms with E-state index < -0.39 is 5.91 Å². The van der Waals surface area contributed by atoms with Crippen LogP contribution in [0.4, 0.5) is 5.82 Å². The SMILES string of the molecule is C1CCOCC1.C=CC(N)=O.CCN(CCOC)C1CCCC(c2c[nH]c(N)c2/C=C(\N)c2ccccc2O)C1. The number of aromatic hydroxyl groups is 1. The van der Waals surface area contributed by atoms with E-state index in [9.17, 15) is 9.90 Å². The number of aromatic amines is 1. The smallest absolute Gasteiger partial charge is 0.240 e. The second-order valence-corrected chi connectivity index (χ2v) is 10.1. The van der Waals surface area contributed by atoms with Crippen LogP contribution in [0.15, 0.2) is 43.1 Å². The van der Waals surface area contributed by atoms with Gasteiger partial charge in [-0.05, 0) is 80.8 Å². The van der Waals surface area contributed by atoms with Crippen LogP contribution in [0.1, 0.15) is 74.5 Å². The van der Waals surface area contributed by atoms with E-state index in [1.165, 1.54) is 37.7 Å². The highest BCUT2D eigenvalue weighted by Crippen LogP contribution is 2.39. The number of hydrogen-bond acceptors (Lipinski definition) is 7. The molecule has 2 heterocycles. The van der Waals surface area contributed by atoms with Crippen molar-refractivity contribution in [3.05, 3.63) is 59.8 Å². The molecule has 9 heteroatoms. The van der Waals surface area contributed by atoms with Crippen LogP contribution in [-0.4, -0.2) is 67.0 Å². The highest BCUT2D eigenvalue weighted by Gasteiger charge is 2.29. The minimum absolute atomic E-state index is 0.173. The summed E-state index contributed by atoms with van der Waals surface area (Å²) in [5, 5.41) is 10.1. The molecular formula is C31H49N5O4. The average Bonchev–Trinajstić information content (AvgIpc) is 3.35. The Labute approximate surface area is 239 Å². The van der Waals surface area contributed by atoms with Gasteiger partial charge in [0.15, 0.2) is 0 Å². The van der Waals surface area contributed by atoms with Gasteiger partial charge in [-0.15, -0.1) is 0 Å². The topological polar surface area (TPSA) is 153 Å². The molecule has 8 N–H and O–H groups in total. The Morgan fingerprint density at radius 1 is 1.20 bits per heavy atom. The molecule has 0 bridgehead atoms. The predicted molar refractivity (Wildman–Crippen MR) is 164 cm³/mol. The number of carbonyl (C=O) groups is 1. The fourth-order valence-corrected chi connectivity index (χ4v) is 5.19. The number of ether oxygens (including phenoxy) is 2. The first-order valence-electron chi connectivity index (χ1n) is 14.3. The lowest BCUT2D eigenvalue weighted by Gasteiger charge is -2.37. The second kappa shape index (κ2) is 18.1. The van der Waals surface area contributed by atoms with Gasteiger partial charge in [-0.25, -0.2) is 0 Å². The van der Waals surface area contributed by atoms with Crippen LogP contribution in [0.3, 0.4) is 0 Å².